The molecule has 0 saturated heterocycles. The van der Waals surface area contributed by atoms with Gasteiger partial charge in [-0.25, -0.2) is 4.79 Å². The van der Waals surface area contributed by atoms with E-state index in [1.165, 1.54) is 7.11 Å². The number of carbonyl (C=O) groups excluding carboxylic acids is 2. The zero-order valence-corrected chi connectivity index (χ0v) is 11.8. The molecule has 0 aliphatic heterocycles. The first-order valence-electron chi connectivity index (χ1n) is 6.49. The number of benzene rings is 1. The van der Waals surface area contributed by atoms with Gasteiger partial charge >= 0.3 is 11.9 Å². The van der Waals surface area contributed by atoms with Crippen LogP contribution >= 0.6 is 0 Å². The number of esters is 2. The molecule has 1 N–H and O–H groups in total. The molecule has 0 fully saturated rings. The van der Waals surface area contributed by atoms with Crippen LogP contribution in [0.15, 0.2) is 28.7 Å². The predicted molar refractivity (Wildman–Crippen MR) is 74.7 cm³/mol. The van der Waals surface area contributed by atoms with Gasteiger partial charge in [0.2, 0.25) is 0 Å². The van der Waals surface area contributed by atoms with Crippen LogP contribution in [-0.4, -0.2) is 36.7 Å². The molecule has 2 aromatic rings. The number of methoxy groups -OCH3 is 1. The van der Waals surface area contributed by atoms with Gasteiger partial charge in [-0.1, -0.05) is 12.1 Å². The number of nitrogens with zero attached hydrogens (tertiary/aromatic N) is 1. The van der Waals surface area contributed by atoms with Gasteiger partial charge in [-0.2, -0.15) is 4.98 Å². The summed E-state index contributed by atoms with van der Waals surface area (Å²) in [6.07, 6.45) is -0.173. The normalized spacial score (nSPS) is 11.9. The number of anilines is 1. The molecule has 0 aliphatic carbocycles. The molecule has 1 unspecified atom stereocenters. The molecule has 0 amide bonds. The molecule has 7 heteroatoms. The Balaban J connectivity index is 2.16. The number of rotatable bonds is 6. The lowest BCUT2D eigenvalue weighted by atomic mass is 10.2. The Bertz CT molecular complexity index is 604. The quantitative estimate of drug-likeness (QED) is 0.811. The highest BCUT2D eigenvalue weighted by Gasteiger charge is 2.25. The highest BCUT2D eigenvalue weighted by atomic mass is 16.5. The van der Waals surface area contributed by atoms with E-state index < -0.39 is 18.0 Å². The van der Waals surface area contributed by atoms with Gasteiger partial charge < -0.3 is 19.2 Å². The molecule has 0 spiro atoms. The van der Waals surface area contributed by atoms with Crippen LogP contribution in [0.5, 0.6) is 0 Å². The minimum absolute atomic E-state index is 0.151. The minimum Gasteiger partial charge on any atom is -0.469 e. The zero-order chi connectivity index (χ0) is 15.2. The Morgan fingerprint density at radius 1 is 1.38 bits per heavy atom. The third-order valence-corrected chi connectivity index (χ3v) is 2.76. The van der Waals surface area contributed by atoms with Crippen LogP contribution in [0.1, 0.15) is 13.3 Å². The maximum atomic E-state index is 11.9. The highest BCUT2D eigenvalue weighted by molar-refractivity contribution is 5.85. The first-order chi connectivity index (χ1) is 10.1. The number of carbonyl (C=O) groups is 2. The number of nitrogens with one attached hydrogen (secondary N) is 1. The van der Waals surface area contributed by atoms with Gasteiger partial charge in [0.1, 0.15) is 11.6 Å². The molecule has 2 rings (SSSR count). The van der Waals surface area contributed by atoms with Crippen LogP contribution < -0.4 is 5.32 Å². The van der Waals surface area contributed by atoms with E-state index in [0.717, 1.165) is 0 Å². The fourth-order valence-corrected chi connectivity index (χ4v) is 1.77. The van der Waals surface area contributed by atoms with Gasteiger partial charge in [-0.15, -0.1) is 0 Å². The number of oxazole rings is 1. The van der Waals surface area contributed by atoms with Gasteiger partial charge in [-0.05, 0) is 19.1 Å². The van der Waals surface area contributed by atoms with Crippen molar-refractivity contribution >= 4 is 29.1 Å². The van der Waals surface area contributed by atoms with Gasteiger partial charge in [-0.3, -0.25) is 4.79 Å². The summed E-state index contributed by atoms with van der Waals surface area (Å²) in [5, 5.41) is 2.77. The van der Waals surface area contributed by atoms with E-state index in [9.17, 15) is 9.59 Å². The van der Waals surface area contributed by atoms with E-state index in [4.69, 9.17) is 9.15 Å². The van der Waals surface area contributed by atoms with E-state index in [2.05, 4.69) is 15.0 Å². The number of hydrogen-bond acceptors (Lipinski definition) is 7. The zero-order valence-electron chi connectivity index (χ0n) is 11.8. The molecule has 1 atom stereocenters. The Morgan fingerprint density at radius 3 is 2.81 bits per heavy atom. The van der Waals surface area contributed by atoms with Gasteiger partial charge in [0.05, 0.1) is 20.1 Å². The van der Waals surface area contributed by atoms with Crippen molar-refractivity contribution < 1.29 is 23.5 Å². The summed E-state index contributed by atoms with van der Waals surface area (Å²) < 4.78 is 14.9. The molecule has 112 valence electrons. The smallest absolute Gasteiger partial charge is 0.329 e. The minimum atomic E-state index is -0.912. The highest BCUT2D eigenvalue weighted by Crippen LogP contribution is 2.19. The lowest BCUT2D eigenvalue weighted by Crippen LogP contribution is -2.34. The first-order valence-corrected chi connectivity index (χ1v) is 6.49. The van der Waals surface area contributed by atoms with Crippen molar-refractivity contribution in [1.29, 1.82) is 0 Å². The van der Waals surface area contributed by atoms with Crippen molar-refractivity contribution in [3.63, 3.8) is 0 Å². The Hall–Kier alpha value is -2.57. The Kier molecular flexibility index (Phi) is 4.76. The van der Waals surface area contributed by atoms with E-state index in [-0.39, 0.29) is 19.0 Å². The molecule has 1 aromatic carbocycles. The van der Waals surface area contributed by atoms with Gasteiger partial charge in [0.25, 0.3) is 6.01 Å². The lowest BCUT2D eigenvalue weighted by molar-refractivity contribution is -0.149. The average molecular weight is 292 g/mol. The van der Waals surface area contributed by atoms with Gasteiger partial charge in [0, 0.05) is 0 Å². The fraction of sp³-hybridized carbons (Fsp3) is 0.357. The molecule has 1 aromatic heterocycles. The molecule has 0 aliphatic rings. The van der Waals surface area contributed by atoms with Crippen molar-refractivity contribution in [2.75, 3.05) is 19.0 Å². The van der Waals surface area contributed by atoms with Crippen LogP contribution in [0, 0.1) is 0 Å². The maximum Gasteiger partial charge on any atom is 0.329 e. The summed E-state index contributed by atoms with van der Waals surface area (Å²) in [6, 6.07) is 6.42. The lowest BCUT2D eigenvalue weighted by Gasteiger charge is -2.14. The summed E-state index contributed by atoms with van der Waals surface area (Å²) in [6.45, 7) is 1.90. The molecule has 1 heterocycles. The first kappa shape index (κ1) is 14.8. The van der Waals surface area contributed by atoms with E-state index in [1.807, 2.05) is 12.1 Å². The van der Waals surface area contributed by atoms with Crippen molar-refractivity contribution in [3.05, 3.63) is 24.3 Å². The largest absolute Gasteiger partial charge is 0.469 e. The molecular weight excluding hydrogens is 276 g/mol. The van der Waals surface area contributed by atoms with Crippen molar-refractivity contribution in [1.82, 2.24) is 4.98 Å². The summed E-state index contributed by atoms with van der Waals surface area (Å²) >= 11 is 0. The third kappa shape index (κ3) is 3.71. The SMILES string of the molecule is CCOC(=O)C(CC(=O)OC)Nc1nc2ccccc2o1. The Morgan fingerprint density at radius 2 is 2.14 bits per heavy atom. The fourth-order valence-electron chi connectivity index (χ4n) is 1.77. The molecule has 0 saturated carbocycles. The second kappa shape index (κ2) is 6.74. The second-order valence-electron chi connectivity index (χ2n) is 4.22. The Labute approximate surface area is 121 Å². The topological polar surface area (TPSA) is 90.7 Å². The van der Waals surface area contributed by atoms with E-state index >= 15 is 0 Å². The predicted octanol–water partition coefficient (Wildman–Crippen LogP) is 1.73. The maximum absolute atomic E-state index is 11.9. The number of fused-ring (bicyclic) bond motifs is 1. The van der Waals surface area contributed by atoms with E-state index in [1.54, 1.807) is 19.1 Å². The van der Waals surface area contributed by atoms with E-state index in [0.29, 0.717) is 11.1 Å². The van der Waals surface area contributed by atoms with Crippen LogP contribution in [0.3, 0.4) is 0 Å². The number of aromatic nitrogens is 1. The summed E-state index contributed by atoms with van der Waals surface area (Å²) in [5.41, 5.74) is 1.24. The van der Waals surface area contributed by atoms with Crippen molar-refractivity contribution in [2.24, 2.45) is 0 Å². The van der Waals surface area contributed by atoms with Crippen LogP contribution in [0.2, 0.25) is 0 Å². The van der Waals surface area contributed by atoms with Crippen LogP contribution in [-0.2, 0) is 19.1 Å². The summed E-state index contributed by atoms with van der Waals surface area (Å²) in [4.78, 5) is 27.4. The summed E-state index contributed by atoms with van der Waals surface area (Å²) in [5.74, 6) is -1.10. The third-order valence-electron chi connectivity index (χ3n) is 2.76. The number of hydrogen-bond donors (Lipinski definition) is 1. The number of para-hydroxylation sites is 2. The average Bonchev–Trinajstić information content (AvgIpc) is 2.88. The molecule has 0 bridgehead atoms. The number of ether oxygens (including phenoxy) is 2. The molecule has 0 radical (unpaired) electrons. The molecular formula is C14H16N2O5. The van der Waals surface area contributed by atoms with Crippen LogP contribution in [0.25, 0.3) is 11.1 Å². The van der Waals surface area contributed by atoms with Gasteiger partial charge in [0.15, 0.2) is 5.58 Å². The van der Waals surface area contributed by atoms with Crippen molar-refractivity contribution in [3.8, 4) is 0 Å². The monoisotopic (exact) mass is 292 g/mol. The molecule has 21 heavy (non-hydrogen) atoms. The van der Waals surface area contributed by atoms with Crippen molar-refractivity contribution in [2.45, 2.75) is 19.4 Å². The van der Waals surface area contributed by atoms with Crippen LogP contribution in [0.4, 0.5) is 6.01 Å². The summed E-state index contributed by atoms with van der Waals surface area (Å²) in [7, 11) is 1.25. The standard InChI is InChI=1S/C14H16N2O5/c1-3-20-13(18)10(8-12(17)19-2)16-14-15-9-6-4-5-7-11(9)21-14/h4-7,10H,3,8H2,1-2H3,(H,15,16). The second-order valence-corrected chi connectivity index (χ2v) is 4.22. The molecule has 7 nitrogen and oxygen atoms in total.